The van der Waals surface area contributed by atoms with E-state index in [4.69, 9.17) is 10.8 Å². The first kappa shape index (κ1) is 11.7. The van der Waals surface area contributed by atoms with Crippen LogP contribution in [0.1, 0.15) is 18.0 Å². The molecule has 0 fully saturated rings. The molecule has 1 amide bonds. The van der Waals surface area contributed by atoms with E-state index >= 15 is 0 Å². The van der Waals surface area contributed by atoms with Crippen molar-refractivity contribution in [1.82, 2.24) is 5.32 Å². The Morgan fingerprint density at radius 3 is 2.67 bits per heavy atom. The van der Waals surface area contributed by atoms with E-state index in [1.54, 1.807) is 0 Å². The highest BCUT2D eigenvalue weighted by Crippen LogP contribution is 2.12. The van der Waals surface area contributed by atoms with E-state index in [2.05, 4.69) is 5.32 Å². The Balaban J connectivity index is 2.42. The Morgan fingerprint density at radius 1 is 1.40 bits per heavy atom. The summed E-state index contributed by atoms with van der Waals surface area (Å²) < 4.78 is 0. The summed E-state index contributed by atoms with van der Waals surface area (Å²) in [6.07, 6.45) is 0.240. The van der Waals surface area contributed by atoms with Gasteiger partial charge in [-0.2, -0.15) is 0 Å². The lowest BCUT2D eigenvalue weighted by molar-refractivity contribution is -0.121. The number of nitrogens with one attached hydrogen (secondary N) is 1. The van der Waals surface area contributed by atoms with Gasteiger partial charge in [0.1, 0.15) is 0 Å². The van der Waals surface area contributed by atoms with Gasteiger partial charge in [0.2, 0.25) is 5.91 Å². The molecule has 15 heavy (non-hydrogen) atoms. The van der Waals surface area contributed by atoms with Crippen molar-refractivity contribution < 1.29 is 9.90 Å². The second kappa shape index (κ2) is 6.16. The predicted octanol–water partition coefficient (Wildman–Crippen LogP) is 0.185. The average Bonchev–Trinajstić information content (AvgIpc) is 2.27. The van der Waals surface area contributed by atoms with Crippen LogP contribution in [-0.2, 0) is 4.79 Å². The second-order valence-electron chi connectivity index (χ2n) is 3.29. The lowest BCUT2D eigenvalue weighted by Gasteiger charge is -2.11. The molecular weight excluding hydrogens is 192 g/mol. The molecule has 0 aliphatic heterocycles. The van der Waals surface area contributed by atoms with Crippen molar-refractivity contribution in [2.45, 2.75) is 12.5 Å². The monoisotopic (exact) mass is 208 g/mol. The summed E-state index contributed by atoms with van der Waals surface area (Å²) in [4.78, 5) is 11.3. The zero-order chi connectivity index (χ0) is 11.1. The first-order valence-corrected chi connectivity index (χ1v) is 4.92. The summed E-state index contributed by atoms with van der Waals surface area (Å²) in [6.45, 7) is 0.229. The van der Waals surface area contributed by atoms with Gasteiger partial charge in [0, 0.05) is 19.0 Å². The topological polar surface area (TPSA) is 75.4 Å². The lowest BCUT2D eigenvalue weighted by atomic mass is 10.0. The van der Waals surface area contributed by atoms with Gasteiger partial charge in [-0.15, -0.1) is 0 Å². The highest BCUT2D eigenvalue weighted by atomic mass is 16.3. The van der Waals surface area contributed by atoms with Gasteiger partial charge in [0.25, 0.3) is 0 Å². The maximum absolute atomic E-state index is 11.3. The number of aliphatic hydroxyl groups excluding tert-OH is 1. The van der Waals surface area contributed by atoms with Gasteiger partial charge in [-0.1, -0.05) is 30.3 Å². The predicted molar refractivity (Wildman–Crippen MR) is 58.1 cm³/mol. The third kappa shape index (κ3) is 4.10. The molecule has 0 aliphatic carbocycles. The number of amides is 1. The van der Waals surface area contributed by atoms with Crippen LogP contribution in [0.25, 0.3) is 0 Å². The summed E-state index contributed by atoms with van der Waals surface area (Å²) in [5, 5.41) is 11.1. The molecule has 1 unspecified atom stereocenters. The summed E-state index contributed by atoms with van der Waals surface area (Å²) >= 11 is 0. The van der Waals surface area contributed by atoms with Gasteiger partial charge in [-0.3, -0.25) is 4.79 Å². The molecular formula is C11H16N2O2. The Kier molecular flexibility index (Phi) is 4.80. The summed E-state index contributed by atoms with van der Waals surface area (Å²) in [5.41, 5.74) is 6.79. The van der Waals surface area contributed by atoms with Crippen molar-refractivity contribution in [3.8, 4) is 0 Å². The van der Waals surface area contributed by atoms with E-state index in [9.17, 15) is 4.79 Å². The summed E-state index contributed by atoms with van der Waals surface area (Å²) in [7, 11) is 0. The van der Waals surface area contributed by atoms with Crippen molar-refractivity contribution in [1.29, 1.82) is 0 Å². The average molecular weight is 208 g/mol. The maximum atomic E-state index is 11.3. The Morgan fingerprint density at radius 2 is 2.07 bits per heavy atom. The smallest absolute Gasteiger partial charge is 0.221 e. The fourth-order valence-electron chi connectivity index (χ4n) is 1.29. The van der Waals surface area contributed by atoms with Crippen LogP contribution >= 0.6 is 0 Å². The van der Waals surface area contributed by atoms with Gasteiger partial charge in [0.05, 0.1) is 6.61 Å². The van der Waals surface area contributed by atoms with Gasteiger partial charge < -0.3 is 16.2 Å². The minimum Gasteiger partial charge on any atom is -0.395 e. The molecule has 0 heterocycles. The number of rotatable bonds is 5. The second-order valence-corrected chi connectivity index (χ2v) is 3.29. The molecule has 4 N–H and O–H groups in total. The summed E-state index contributed by atoms with van der Waals surface area (Å²) in [5.74, 6) is -0.139. The van der Waals surface area contributed by atoms with Crippen LogP contribution < -0.4 is 11.1 Å². The highest BCUT2D eigenvalue weighted by molar-refractivity contribution is 5.76. The van der Waals surface area contributed by atoms with Crippen LogP contribution in [0.2, 0.25) is 0 Å². The molecule has 4 nitrogen and oxygen atoms in total. The van der Waals surface area contributed by atoms with Crippen LogP contribution in [0, 0.1) is 0 Å². The molecule has 0 saturated heterocycles. The normalized spacial score (nSPS) is 12.1. The van der Waals surface area contributed by atoms with Crippen molar-refractivity contribution in [3.05, 3.63) is 35.9 Å². The Hall–Kier alpha value is -1.39. The molecule has 1 aromatic carbocycles. The number of carbonyl (C=O) groups is 1. The first-order valence-electron chi connectivity index (χ1n) is 4.92. The molecule has 82 valence electrons. The number of hydrogen-bond acceptors (Lipinski definition) is 3. The zero-order valence-corrected chi connectivity index (χ0v) is 8.52. The fraction of sp³-hybridized carbons (Fsp3) is 0.364. The number of aliphatic hydroxyl groups is 1. The number of nitrogens with two attached hydrogens (primary N) is 1. The Bertz CT molecular complexity index is 301. The molecule has 1 rings (SSSR count). The molecule has 1 atom stereocenters. The molecule has 0 aliphatic rings. The largest absolute Gasteiger partial charge is 0.395 e. The van der Waals surface area contributed by atoms with Crippen molar-refractivity contribution in [2.24, 2.45) is 5.73 Å². The van der Waals surface area contributed by atoms with Gasteiger partial charge in [-0.05, 0) is 5.56 Å². The van der Waals surface area contributed by atoms with E-state index < -0.39 is 0 Å². The SMILES string of the molecule is NC(CC(=O)NCCO)c1ccccc1. The van der Waals surface area contributed by atoms with Crippen LogP contribution in [0.3, 0.4) is 0 Å². The zero-order valence-electron chi connectivity index (χ0n) is 8.52. The van der Waals surface area contributed by atoms with Crippen molar-refractivity contribution in [3.63, 3.8) is 0 Å². The van der Waals surface area contributed by atoms with Crippen LogP contribution in [0.15, 0.2) is 30.3 Å². The minimum absolute atomic E-state index is 0.0493. The van der Waals surface area contributed by atoms with Gasteiger partial charge in [-0.25, -0.2) is 0 Å². The van der Waals surface area contributed by atoms with E-state index in [0.717, 1.165) is 5.56 Å². The fourth-order valence-corrected chi connectivity index (χ4v) is 1.29. The minimum atomic E-state index is -0.287. The molecule has 0 saturated carbocycles. The first-order chi connectivity index (χ1) is 7.24. The van der Waals surface area contributed by atoms with E-state index in [0.29, 0.717) is 0 Å². The Labute approximate surface area is 89.1 Å². The van der Waals surface area contributed by atoms with Crippen molar-refractivity contribution >= 4 is 5.91 Å². The van der Waals surface area contributed by atoms with Crippen molar-refractivity contribution in [2.75, 3.05) is 13.2 Å². The van der Waals surface area contributed by atoms with E-state index in [1.165, 1.54) is 0 Å². The molecule has 4 heteroatoms. The highest BCUT2D eigenvalue weighted by Gasteiger charge is 2.10. The number of carbonyl (C=O) groups excluding carboxylic acids is 1. The van der Waals surface area contributed by atoms with E-state index in [-0.39, 0.29) is 31.5 Å². The van der Waals surface area contributed by atoms with Gasteiger partial charge >= 0.3 is 0 Å². The standard InChI is InChI=1S/C11H16N2O2/c12-10(8-11(15)13-6-7-14)9-4-2-1-3-5-9/h1-5,10,14H,6-8,12H2,(H,13,15). The van der Waals surface area contributed by atoms with E-state index in [1.807, 2.05) is 30.3 Å². The quantitative estimate of drug-likeness (QED) is 0.646. The van der Waals surface area contributed by atoms with Gasteiger partial charge in [0.15, 0.2) is 0 Å². The summed E-state index contributed by atoms with van der Waals surface area (Å²) in [6, 6.07) is 9.18. The maximum Gasteiger partial charge on any atom is 0.221 e. The van der Waals surface area contributed by atoms with Crippen LogP contribution in [-0.4, -0.2) is 24.2 Å². The molecule has 0 radical (unpaired) electrons. The van der Waals surface area contributed by atoms with Crippen LogP contribution in [0.4, 0.5) is 0 Å². The third-order valence-corrected chi connectivity index (χ3v) is 2.07. The molecule has 1 aromatic rings. The number of hydrogen-bond donors (Lipinski definition) is 3. The lowest BCUT2D eigenvalue weighted by Crippen LogP contribution is -2.29. The van der Waals surface area contributed by atoms with Crippen LogP contribution in [0.5, 0.6) is 0 Å². The molecule has 0 spiro atoms. The number of benzene rings is 1. The molecule has 0 aromatic heterocycles. The molecule has 0 bridgehead atoms. The third-order valence-electron chi connectivity index (χ3n) is 2.07.